The fourth-order valence-corrected chi connectivity index (χ4v) is 2.94. The zero-order chi connectivity index (χ0) is 18.6. The minimum Gasteiger partial charge on any atom is -0.339 e. The van der Waals surface area contributed by atoms with Gasteiger partial charge in [0.05, 0.1) is 12.1 Å². The lowest BCUT2D eigenvalue weighted by Gasteiger charge is -2.22. The van der Waals surface area contributed by atoms with Crippen molar-refractivity contribution in [2.75, 3.05) is 6.54 Å². The molecule has 0 aromatic heterocycles. The monoisotopic (exact) mass is 345 g/mol. The molecule has 1 aromatic rings. The summed E-state index contributed by atoms with van der Waals surface area (Å²) in [5.41, 5.74) is 1.53. The highest BCUT2D eigenvalue weighted by Crippen LogP contribution is 2.27. The van der Waals surface area contributed by atoms with E-state index < -0.39 is 0 Å². The molecule has 2 atom stereocenters. The Kier molecular flexibility index (Phi) is 6.02. The Balaban J connectivity index is 2.20. The second-order valence-electron chi connectivity index (χ2n) is 6.63. The Hall–Kier alpha value is -2.55. The van der Waals surface area contributed by atoms with Crippen molar-refractivity contribution in [2.24, 2.45) is 5.92 Å². The number of halogens is 1. The molecule has 1 aromatic carbocycles. The van der Waals surface area contributed by atoms with Crippen LogP contribution in [0.15, 0.2) is 18.2 Å². The molecule has 0 spiro atoms. The van der Waals surface area contributed by atoms with Gasteiger partial charge in [0, 0.05) is 20.0 Å². The van der Waals surface area contributed by atoms with Crippen LogP contribution in [0.4, 0.5) is 9.18 Å². The topological polar surface area (TPSA) is 61.4 Å². The predicted molar refractivity (Wildman–Crippen MR) is 94.0 cm³/mol. The Morgan fingerprint density at radius 3 is 2.72 bits per heavy atom. The largest absolute Gasteiger partial charge is 0.339 e. The van der Waals surface area contributed by atoms with Gasteiger partial charge in [-0.2, -0.15) is 0 Å². The molecule has 0 saturated heterocycles. The highest BCUT2D eigenvalue weighted by Gasteiger charge is 2.26. The Labute approximate surface area is 148 Å². The number of amides is 3. The van der Waals surface area contributed by atoms with Crippen molar-refractivity contribution in [3.8, 4) is 12.3 Å². The number of hydrogen-bond donors (Lipinski definition) is 2. The molecular weight excluding hydrogens is 321 g/mol. The van der Waals surface area contributed by atoms with Crippen LogP contribution in [0.3, 0.4) is 0 Å². The molecule has 6 heteroatoms. The Morgan fingerprint density at radius 1 is 1.40 bits per heavy atom. The van der Waals surface area contributed by atoms with Gasteiger partial charge >= 0.3 is 6.03 Å². The first-order chi connectivity index (χ1) is 11.8. The van der Waals surface area contributed by atoms with E-state index in [-0.39, 0.29) is 35.8 Å². The van der Waals surface area contributed by atoms with Crippen LogP contribution < -0.4 is 10.6 Å². The molecule has 3 amide bonds. The summed E-state index contributed by atoms with van der Waals surface area (Å²) in [6.07, 6.45) is 6.00. The van der Waals surface area contributed by atoms with E-state index in [9.17, 15) is 14.0 Å². The summed E-state index contributed by atoms with van der Waals surface area (Å²) < 4.78 is 13.6. The number of nitrogens with one attached hydrogen (secondary N) is 2. The van der Waals surface area contributed by atoms with Crippen molar-refractivity contribution < 1.29 is 14.0 Å². The fraction of sp³-hybridized carbons (Fsp3) is 0.474. The second kappa shape index (κ2) is 8.02. The van der Waals surface area contributed by atoms with E-state index in [0.717, 1.165) is 5.56 Å². The van der Waals surface area contributed by atoms with Gasteiger partial charge in [-0.25, -0.2) is 9.18 Å². The van der Waals surface area contributed by atoms with Gasteiger partial charge in [-0.1, -0.05) is 25.8 Å². The summed E-state index contributed by atoms with van der Waals surface area (Å²) in [7, 11) is 0. The summed E-state index contributed by atoms with van der Waals surface area (Å²) in [5, 5.41) is 5.68. The van der Waals surface area contributed by atoms with Crippen LogP contribution in [0.2, 0.25) is 0 Å². The highest BCUT2D eigenvalue weighted by atomic mass is 19.1. The smallest absolute Gasteiger partial charge is 0.316 e. The Bertz CT molecular complexity index is 696. The van der Waals surface area contributed by atoms with Crippen LogP contribution in [0.25, 0.3) is 0 Å². The second-order valence-corrected chi connectivity index (χ2v) is 6.63. The predicted octanol–water partition coefficient (Wildman–Crippen LogP) is 2.58. The third-order valence-electron chi connectivity index (χ3n) is 4.41. The van der Waals surface area contributed by atoms with Crippen LogP contribution in [-0.4, -0.2) is 29.4 Å². The van der Waals surface area contributed by atoms with Crippen molar-refractivity contribution in [2.45, 2.75) is 45.8 Å². The van der Waals surface area contributed by atoms with Gasteiger partial charge in [0.2, 0.25) is 5.91 Å². The van der Waals surface area contributed by atoms with E-state index in [0.29, 0.717) is 25.1 Å². The molecule has 0 radical (unpaired) electrons. The van der Waals surface area contributed by atoms with Crippen LogP contribution in [0.5, 0.6) is 0 Å². The summed E-state index contributed by atoms with van der Waals surface area (Å²) in [6.45, 7) is 6.17. The summed E-state index contributed by atoms with van der Waals surface area (Å²) in [6, 6.07) is 3.40. The molecule has 0 saturated carbocycles. The van der Waals surface area contributed by atoms with Crippen molar-refractivity contribution in [1.82, 2.24) is 15.5 Å². The molecule has 1 heterocycles. The molecule has 1 aliphatic rings. The number of carbonyl (C=O) groups excluding carboxylic acids is 2. The average molecular weight is 345 g/mol. The van der Waals surface area contributed by atoms with Crippen LogP contribution in [0, 0.1) is 24.1 Å². The lowest BCUT2D eigenvalue weighted by atomic mass is 9.99. The molecule has 2 N–H and O–H groups in total. The minimum absolute atomic E-state index is 0.0764. The number of terminal acetylenes is 1. The van der Waals surface area contributed by atoms with Crippen molar-refractivity contribution in [1.29, 1.82) is 0 Å². The SMILES string of the molecule is C#CC(NC(=O)NC1CCN(C(C)=O)Cc2cc(F)ccc21)C(C)C. The van der Waals surface area contributed by atoms with E-state index in [1.807, 2.05) is 13.8 Å². The van der Waals surface area contributed by atoms with Crippen molar-refractivity contribution in [3.63, 3.8) is 0 Å². The molecule has 5 nitrogen and oxygen atoms in total. The number of hydrogen-bond acceptors (Lipinski definition) is 2. The maximum absolute atomic E-state index is 13.6. The molecule has 134 valence electrons. The zero-order valence-corrected chi connectivity index (χ0v) is 14.8. The van der Waals surface area contributed by atoms with E-state index in [4.69, 9.17) is 6.42 Å². The van der Waals surface area contributed by atoms with Gasteiger partial charge in [-0.3, -0.25) is 4.79 Å². The molecule has 2 rings (SSSR count). The molecule has 0 bridgehead atoms. The first-order valence-electron chi connectivity index (χ1n) is 8.38. The summed E-state index contributed by atoms with van der Waals surface area (Å²) >= 11 is 0. The maximum atomic E-state index is 13.6. The summed E-state index contributed by atoms with van der Waals surface area (Å²) in [4.78, 5) is 25.7. The van der Waals surface area contributed by atoms with Crippen molar-refractivity contribution in [3.05, 3.63) is 35.1 Å². The first kappa shape index (κ1) is 18.8. The van der Waals surface area contributed by atoms with Crippen LogP contribution in [0.1, 0.15) is 44.4 Å². The van der Waals surface area contributed by atoms with E-state index in [1.54, 1.807) is 11.0 Å². The van der Waals surface area contributed by atoms with Gasteiger partial charge in [0.15, 0.2) is 0 Å². The van der Waals surface area contributed by atoms with Gasteiger partial charge in [-0.15, -0.1) is 6.42 Å². The number of rotatable bonds is 3. The number of benzene rings is 1. The van der Waals surface area contributed by atoms with Gasteiger partial charge in [0.1, 0.15) is 5.82 Å². The molecule has 25 heavy (non-hydrogen) atoms. The zero-order valence-electron chi connectivity index (χ0n) is 14.8. The number of urea groups is 1. The maximum Gasteiger partial charge on any atom is 0.316 e. The Morgan fingerprint density at radius 2 is 2.12 bits per heavy atom. The number of fused-ring (bicyclic) bond motifs is 1. The van der Waals surface area contributed by atoms with E-state index in [1.165, 1.54) is 19.1 Å². The van der Waals surface area contributed by atoms with Gasteiger partial charge in [-0.05, 0) is 35.6 Å². The molecule has 1 aliphatic heterocycles. The molecule has 0 fully saturated rings. The quantitative estimate of drug-likeness (QED) is 0.827. The lowest BCUT2D eigenvalue weighted by molar-refractivity contribution is -0.129. The normalized spacial score (nSPS) is 17.9. The van der Waals surface area contributed by atoms with E-state index in [2.05, 4.69) is 16.6 Å². The summed E-state index contributed by atoms with van der Waals surface area (Å²) in [5.74, 6) is 2.23. The molecular formula is C19H24FN3O2. The first-order valence-corrected chi connectivity index (χ1v) is 8.38. The standard InChI is InChI=1S/C19H24FN3O2/c1-5-17(12(2)3)21-19(25)22-18-8-9-23(13(4)24)11-14-10-15(20)6-7-16(14)18/h1,6-7,10,12,17-18H,8-9,11H2,2-4H3,(H2,21,22,25). The third-order valence-corrected chi connectivity index (χ3v) is 4.41. The van der Waals surface area contributed by atoms with Crippen molar-refractivity contribution >= 4 is 11.9 Å². The molecule has 2 unspecified atom stereocenters. The lowest BCUT2D eigenvalue weighted by Crippen LogP contribution is -2.45. The number of carbonyl (C=O) groups is 2. The molecule has 0 aliphatic carbocycles. The van der Waals surface area contributed by atoms with Crippen LogP contribution in [-0.2, 0) is 11.3 Å². The van der Waals surface area contributed by atoms with Gasteiger partial charge in [0.25, 0.3) is 0 Å². The number of nitrogens with zero attached hydrogens (tertiary/aromatic N) is 1. The third kappa shape index (κ3) is 4.72. The fourth-order valence-electron chi connectivity index (χ4n) is 2.94. The van der Waals surface area contributed by atoms with E-state index >= 15 is 0 Å². The van der Waals surface area contributed by atoms with Gasteiger partial charge < -0.3 is 15.5 Å². The van der Waals surface area contributed by atoms with Crippen LogP contribution >= 0.6 is 0 Å². The highest BCUT2D eigenvalue weighted by molar-refractivity contribution is 5.76. The minimum atomic E-state index is -0.368. The average Bonchev–Trinajstić information content (AvgIpc) is 2.71.